The number of carbonyl (C=O) groups is 1. The van der Waals surface area contributed by atoms with Gasteiger partial charge in [0.15, 0.2) is 0 Å². The molecule has 0 heterocycles. The van der Waals surface area contributed by atoms with Crippen molar-refractivity contribution in [3.05, 3.63) is 11.6 Å². The quantitative estimate of drug-likeness (QED) is 0.116. The predicted molar refractivity (Wildman–Crippen MR) is 126 cm³/mol. The van der Waals surface area contributed by atoms with Crippen LogP contribution >= 0.6 is 0 Å². The van der Waals surface area contributed by atoms with Gasteiger partial charge in [-0.05, 0) is 26.7 Å². The normalized spacial score (nSPS) is 12.2. The van der Waals surface area contributed by atoms with Gasteiger partial charge in [0, 0.05) is 11.8 Å². The van der Waals surface area contributed by atoms with Crippen LogP contribution in [0.4, 0.5) is 0 Å². The molecule has 164 valence electrons. The van der Waals surface area contributed by atoms with Crippen LogP contribution in [0.3, 0.4) is 0 Å². The van der Waals surface area contributed by atoms with Gasteiger partial charge in [0.05, 0.1) is 0 Å². The van der Waals surface area contributed by atoms with E-state index in [9.17, 15) is 4.79 Å². The zero-order valence-corrected chi connectivity index (χ0v) is 19.4. The third kappa shape index (κ3) is 18.4. The van der Waals surface area contributed by atoms with Crippen LogP contribution in [0.15, 0.2) is 16.6 Å². The third-order valence-electron chi connectivity index (χ3n) is 5.67. The highest BCUT2D eigenvalue weighted by atomic mass is 16.1. The molecule has 2 nitrogen and oxygen atoms in total. The highest BCUT2D eigenvalue weighted by Gasteiger charge is 2.05. The molecular formula is C26H49NO. The second kappa shape index (κ2) is 22.4. The Labute approximate surface area is 176 Å². The molecule has 2 heteroatoms. The molecule has 0 aromatic heterocycles. The summed E-state index contributed by atoms with van der Waals surface area (Å²) in [5.74, 6) is -0.0584. The first kappa shape index (κ1) is 27.1. The van der Waals surface area contributed by atoms with Crippen molar-refractivity contribution in [3.8, 4) is 0 Å². The van der Waals surface area contributed by atoms with Crippen molar-refractivity contribution >= 4 is 12.1 Å². The zero-order chi connectivity index (χ0) is 20.7. The molecule has 0 unspecified atom stereocenters. The minimum atomic E-state index is -0.0584. The minimum absolute atomic E-state index is 0.0584. The van der Waals surface area contributed by atoms with Crippen LogP contribution in [0.2, 0.25) is 0 Å². The Bertz CT molecular complexity index is 397. The molecule has 0 spiro atoms. The Morgan fingerprint density at radius 3 is 1.29 bits per heavy atom. The summed E-state index contributed by atoms with van der Waals surface area (Å²) in [6.45, 7) is 6.02. The van der Waals surface area contributed by atoms with Gasteiger partial charge in [0.2, 0.25) is 0 Å². The van der Waals surface area contributed by atoms with Crippen molar-refractivity contribution < 1.29 is 4.79 Å². The molecule has 0 aliphatic heterocycles. The molecule has 28 heavy (non-hydrogen) atoms. The smallest absolute Gasteiger partial charge is 0.267 e. The van der Waals surface area contributed by atoms with E-state index in [2.05, 4.69) is 11.9 Å². The first-order chi connectivity index (χ1) is 13.8. The molecule has 0 aliphatic rings. The van der Waals surface area contributed by atoms with Crippen molar-refractivity contribution in [1.82, 2.24) is 0 Å². The van der Waals surface area contributed by atoms with E-state index in [0.29, 0.717) is 0 Å². The Kier molecular flexibility index (Phi) is 21.6. The number of unbranched alkanes of at least 4 members (excludes halogenated alkanes) is 17. The molecule has 0 N–H and O–H groups in total. The number of hydrogen-bond acceptors (Lipinski definition) is 1. The number of hydrogen-bond donors (Lipinski definition) is 0. The maximum atomic E-state index is 11.7. The Morgan fingerprint density at radius 1 is 0.607 bits per heavy atom. The van der Waals surface area contributed by atoms with Crippen molar-refractivity contribution in [3.63, 3.8) is 0 Å². The predicted octanol–water partition coefficient (Wildman–Crippen LogP) is 8.98. The molecule has 0 bridgehead atoms. The summed E-state index contributed by atoms with van der Waals surface area (Å²) >= 11 is 0. The maximum Gasteiger partial charge on any atom is 0.272 e. The van der Waals surface area contributed by atoms with Gasteiger partial charge in [-0.1, -0.05) is 122 Å². The van der Waals surface area contributed by atoms with Crippen LogP contribution in [-0.4, -0.2) is 12.1 Å². The Balaban J connectivity index is 3.25. The van der Waals surface area contributed by atoms with Gasteiger partial charge in [-0.2, -0.15) is 0 Å². The van der Waals surface area contributed by atoms with E-state index in [4.69, 9.17) is 0 Å². The molecule has 0 saturated heterocycles. The lowest BCUT2D eigenvalue weighted by atomic mass is 10.0. The van der Waals surface area contributed by atoms with Crippen molar-refractivity contribution in [2.45, 2.75) is 143 Å². The largest absolute Gasteiger partial charge is 0.272 e. The summed E-state index contributed by atoms with van der Waals surface area (Å²) in [5.41, 5.74) is 0.870. The van der Waals surface area contributed by atoms with Gasteiger partial charge >= 0.3 is 0 Å². The summed E-state index contributed by atoms with van der Waals surface area (Å²) in [4.78, 5) is 15.6. The van der Waals surface area contributed by atoms with Gasteiger partial charge < -0.3 is 0 Å². The molecule has 0 aromatic rings. The molecule has 0 fully saturated rings. The topological polar surface area (TPSA) is 29.4 Å². The van der Waals surface area contributed by atoms with E-state index < -0.39 is 0 Å². The number of carbonyl (C=O) groups excluding carboxylic acids is 1. The molecule has 0 aliphatic carbocycles. The van der Waals surface area contributed by atoms with E-state index in [-0.39, 0.29) is 5.91 Å². The summed E-state index contributed by atoms with van der Waals surface area (Å²) in [5, 5.41) is 0. The van der Waals surface area contributed by atoms with Gasteiger partial charge in [-0.25, -0.2) is 4.99 Å². The number of aliphatic imine (C=N–C) groups is 1. The SMILES string of the molecule is CC=NC(=O)/C(=C/C)CCCCCCCCCCCCCCCCCCCC. The van der Waals surface area contributed by atoms with E-state index in [1.807, 2.05) is 13.0 Å². The van der Waals surface area contributed by atoms with Crippen LogP contribution in [0.1, 0.15) is 143 Å². The van der Waals surface area contributed by atoms with Crippen molar-refractivity contribution in [2.75, 3.05) is 0 Å². The van der Waals surface area contributed by atoms with E-state index in [0.717, 1.165) is 18.4 Å². The number of amides is 1. The fourth-order valence-corrected chi connectivity index (χ4v) is 3.79. The lowest BCUT2D eigenvalue weighted by Crippen LogP contribution is -1.99. The van der Waals surface area contributed by atoms with Crippen LogP contribution in [0.25, 0.3) is 0 Å². The highest BCUT2D eigenvalue weighted by molar-refractivity contribution is 5.97. The molecular weight excluding hydrogens is 342 g/mol. The van der Waals surface area contributed by atoms with Gasteiger partial charge in [0.1, 0.15) is 0 Å². The zero-order valence-electron chi connectivity index (χ0n) is 19.4. The van der Waals surface area contributed by atoms with Crippen molar-refractivity contribution in [2.24, 2.45) is 4.99 Å². The average Bonchev–Trinajstić information content (AvgIpc) is 2.70. The van der Waals surface area contributed by atoms with E-state index in [1.165, 1.54) is 109 Å². The summed E-state index contributed by atoms with van der Waals surface area (Å²) in [7, 11) is 0. The van der Waals surface area contributed by atoms with Gasteiger partial charge in [-0.3, -0.25) is 4.79 Å². The number of rotatable bonds is 20. The van der Waals surface area contributed by atoms with Gasteiger partial charge in [-0.15, -0.1) is 0 Å². The Morgan fingerprint density at radius 2 is 0.964 bits per heavy atom. The van der Waals surface area contributed by atoms with Crippen LogP contribution < -0.4 is 0 Å². The molecule has 0 atom stereocenters. The minimum Gasteiger partial charge on any atom is -0.267 e. The fraction of sp³-hybridized carbons (Fsp3) is 0.846. The lowest BCUT2D eigenvalue weighted by Gasteiger charge is -2.04. The fourth-order valence-electron chi connectivity index (χ4n) is 3.79. The summed E-state index contributed by atoms with van der Waals surface area (Å²) in [6.07, 6.45) is 29.4. The van der Waals surface area contributed by atoms with E-state index >= 15 is 0 Å². The lowest BCUT2D eigenvalue weighted by molar-refractivity contribution is -0.114. The van der Waals surface area contributed by atoms with Crippen LogP contribution in [-0.2, 0) is 4.79 Å². The second-order valence-corrected chi connectivity index (χ2v) is 8.27. The van der Waals surface area contributed by atoms with Gasteiger partial charge in [0.25, 0.3) is 5.91 Å². The molecule has 0 aromatic carbocycles. The first-order valence-corrected chi connectivity index (χ1v) is 12.4. The maximum absolute atomic E-state index is 11.7. The monoisotopic (exact) mass is 391 g/mol. The van der Waals surface area contributed by atoms with E-state index in [1.54, 1.807) is 13.1 Å². The van der Waals surface area contributed by atoms with Crippen molar-refractivity contribution in [1.29, 1.82) is 0 Å². The number of nitrogens with zero attached hydrogens (tertiary/aromatic N) is 1. The Hall–Kier alpha value is -0.920. The third-order valence-corrected chi connectivity index (χ3v) is 5.67. The van der Waals surface area contributed by atoms with Crippen LogP contribution in [0.5, 0.6) is 0 Å². The summed E-state index contributed by atoms with van der Waals surface area (Å²) < 4.78 is 0. The highest BCUT2D eigenvalue weighted by Crippen LogP contribution is 2.16. The first-order valence-electron chi connectivity index (χ1n) is 12.4. The van der Waals surface area contributed by atoms with Crippen LogP contribution in [0, 0.1) is 0 Å². The molecule has 0 radical (unpaired) electrons. The number of allylic oxidation sites excluding steroid dienone is 1. The second-order valence-electron chi connectivity index (χ2n) is 8.27. The molecule has 1 amide bonds. The average molecular weight is 392 g/mol. The standard InChI is InChI=1S/C26H49NO/c1-4-7-8-9-10-11-12-13-14-15-16-17-18-19-20-21-22-23-24-25(5-2)26(28)27-6-3/h5-6H,4,7-24H2,1-3H3/b25-5+,27-6?. The summed E-state index contributed by atoms with van der Waals surface area (Å²) in [6, 6.07) is 0. The molecule has 0 rings (SSSR count). The molecule has 0 saturated carbocycles.